The Kier molecular flexibility index (Phi) is 5.90. The van der Waals surface area contributed by atoms with Gasteiger partial charge in [0, 0.05) is 12.3 Å². The molecule has 20 heavy (non-hydrogen) atoms. The fourth-order valence-electron chi connectivity index (χ4n) is 2.12. The highest BCUT2D eigenvalue weighted by atomic mass is 16.5. The van der Waals surface area contributed by atoms with Crippen LogP contribution in [0.3, 0.4) is 0 Å². The molecule has 5 heteroatoms. The topological polar surface area (TPSA) is 69.7 Å². The molecule has 0 aliphatic rings. The Hall–Kier alpha value is -2.17. The second-order valence-corrected chi connectivity index (χ2v) is 4.45. The van der Waals surface area contributed by atoms with Gasteiger partial charge < -0.3 is 14.3 Å². The highest BCUT2D eigenvalue weighted by Gasteiger charge is 2.38. The van der Waals surface area contributed by atoms with Gasteiger partial charge in [-0.05, 0) is 12.5 Å². The summed E-state index contributed by atoms with van der Waals surface area (Å²) in [5.74, 6) is -3.25. The van der Waals surface area contributed by atoms with E-state index in [0.29, 0.717) is 0 Å². The van der Waals surface area contributed by atoms with Gasteiger partial charge in [-0.3, -0.25) is 9.59 Å². The molecule has 0 aliphatic carbocycles. The molecule has 0 heterocycles. The number of hydrogen-bond donors (Lipinski definition) is 0. The van der Waals surface area contributed by atoms with Crippen molar-refractivity contribution in [1.82, 2.24) is 0 Å². The van der Waals surface area contributed by atoms with Gasteiger partial charge >= 0.3 is 11.9 Å². The second-order valence-electron chi connectivity index (χ2n) is 4.45. The molecule has 0 fully saturated rings. The fraction of sp³-hybridized carbons (Fsp3) is 0.400. The maximum Gasteiger partial charge on any atom is 0.320 e. The standard InChI is InChI=1S/C15H18O5/c1-10(16)9-12(11-7-5-4-6-8-11)13(14(17)19-2)15(18)20-3/h4-8,12-13H,9H2,1-3H3/t12-/m1/s1. The first kappa shape index (κ1) is 15.9. The second kappa shape index (κ2) is 7.43. The van der Waals surface area contributed by atoms with Crippen molar-refractivity contribution < 1.29 is 23.9 Å². The summed E-state index contributed by atoms with van der Waals surface area (Å²) < 4.78 is 9.34. The highest BCUT2D eigenvalue weighted by Crippen LogP contribution is 2.30. The number of hydrogen-bond acceptors (Lipinski definition) is 5. The van der Waals surface area contributed by atoms with Gasteiger partial charge in [-0.1, -0.05) is 30.3 Å². The molecule has 1 atom stereocenters. The van der Waals surface area contributed by atoms with Crippen molar-refractivity contribution in [3.8, 4) is 0 Å². The lowest BCUT2D eigenvalue weighted by molar-refractivity contribution is -0.160. The minimum atomic E-state index is -1.14. The van der Waals surface area contributed by atoms with Gasteiger partial charge in [-0.2, -0.15) is 0 Å². The van der Waals surface area contributed by atoms with Crippen LogP contribution in [0.15, 0.2) is 30.3 Å². The van der Waals surface area contributed by atoms with Crippen molar-refractivity contribution in [2.45, 2.75) is 19.3 Å². The molecule has 0 aromatic heterocycles. The Morgan fingerprint density at radius 1 is 1.00 bits per heavy atom. The molecule has 0 aliphatic heterocycles. The van der Waals surface area contributed by atoms with Crippen LogP contribution in [-0.4, -0.2) is 31.9 Å². The summed E-state index contributed by atoms with van der Waals surface area (Å²) in [7, 11) is 2.40. The van der Waals surface area contributed by atoms with Crippen LogP contribution in [0, 0.1) is 5.92 Å². The zero-order valence-corrected chi connectivity index (χ0v) is 11.8. The van der Waals surface area contributed by atoms with Gasteiger partial charge in [0.15, 0.2) is 5.92 Å². The molecule has 0 N–H and O–H groups in total. The smallest absolute Gasteiger partial charge is 0.320 e. The van der Waals surface area contributed by atoms with Gasteiger partial charge in [0.25, 0.3) is 0 Å². The van der Waals surface area contributed by atoms with E-state index in [1.807, 2.05) is 6.07 Å². The Labute approximate surface area is 117 Å². The van der Waals surface area contributed by atoms with Crippen molar-refractivity contribution in [3.63, 3.8) is 0 Å². The summed E-state index contributed by atoms with van der Waals surface area (Å²) in [6.45, 7) is 1.42. The van der Waals surface area contributed by atoms with Gasteiger partial charge in [0.2, 0.25) is 0 Å². The van der Waals surface area contributed by atoms with Crippen LogP contribution < -0.4 is 0 Å². The van der Waals surface area contributed by atoms with E-state index in [9.17, 15) is 14.4 Å². The molecule has 5 nitrogen and oxygen atoms in total. The molecule has 1 aromatic carbocycles. The van der Waals surface area contributed by atoms with E-state index in [0.717, 1.165) is 5.56 Å². The summed E-state index contributed by atoms with van der Waals surface area (Å²) in [4.78, 5) is 35.2. The average Bonchev–Trinajstić information content (AvgIpc) is 2.46. The summed E-state index contributed by atoms with van der Waals surface area (Å²) >= 11 is 0. The van der Waals surface area contributed by atoms with Crippen LogP contribution in [0.4, 0.5) is 0 Å². The Balaban J connectivity index is 3.21. The fourth-order valence-corrected chi connectivity index (χ4v) is 2.12. The maximum absolute atomic E-state index is 11.9. The number of benzene rings is 1. The third-order valence-electron chi connectivity index (χ3n) is 3.05. The molecule has 0 amide bonds. The van der Waals surface area contributed by atoms with Crippen molar-refractivity contribution in [2.75, 3.05) is 14.2 Å². The van der Waals surface area contributed by atoms with E-state index < -0.39 is 23.8 Å². The predicted molar refractivity (Wildman–Crippen MR) is 72.0 cm³/mol. The lowest BCUT2D eigenvalue weighted by Crippen LogP contribution is -2.33. The molecule has 0 bridgehead atoms. The van der Waals surface area contributed by atoms with Crippen molar-refractivity contribution in [1.29, 1.82) is 0 Å². The molecule has 1 rings (SSSR count). The number of ether oxygens (including phenoxy) is 2. The van der Waals surface area contributed by atoms with Gasteiger partial charge in [0.1, 0.15) is 5.78 Å². The molecule has 0 saturated carbocycles. The zero-order chi connectivity index (χ0) is 15.1. The van der Waals surface area contributed by atoms with E-state index >= 15 is 0 Å². The summed E-state index contributed by atoms with van der Waals surface area (Å²) in [5, 5.41) is 0. The van der Waals surface area contributed by atoms with Crippen molar-refractivity contribution in [3.05, 3.63) is 35.9 Å². The van der Waals surface area contributed by atoms with Crippen LogP contribution in [0.25, 0.3) is 0 Å². The number of ketones is 1. The highest BCUT2D eigenvalue weighted by molar-refractivity contribution is 5.96. The Bertz CT molecular complexity index is 464. The van der Waals surface area contributed by atoms with E-state index in [2.05, 4.69) is 9.47 Å². The molecule has 0 radical (unpaired) electrons. The molecular weight excluding hydrogens is 260 g/mol. The predicted octanol–water partition coefficient (Wildman–Crippen LogP) is 1.71. The van der Waals surface area contributed by atoms with Crippen molar-refractivity contribution in [2.24, 2.45) is 5.92 Å². The van der Waals surface area contributed by atoms with Crippen LogP contribution in [0.5, 0.6) is 0 Å². The lowest BCUT2D eigenvalue weighted by Gasteiger charge is -2.22. The molecule has 108 valence electrons. The number of rotatable bonds is 6. The monoisotopic (exact) mass is 278 g/mol. The number of carbonyl (C=O) groups is 3. The minimum Gasteiger partial charge on any atom is -0.468 e. The van der Waals surface area contributed by atoms with Gasteiger partial charge in [0.05, 0.1) is 14.2 Å². The molecular formula is C15H18O5. The number of Topliss-reactive ketones (excluding diaryl/α,β-unsaturated/α-hetero) is 1. The van der Waals surface area contributed by atoms with Crippen LogP contribution in [0.2, 0.25) is 0 Å². The van der Waals surface area contributed by atoms with Gasteiger partial charge in [-0.25, -0.2) is 0 Å². The Morgan fingerprint density at radius 3 is 1.90 bits per heavy atom. The van der Waals surface area contributed by atoms with E-state index in [1.165, 1.54) is 21.1 Å². The molecule has 0 spiro atoms. The number of esters is 2. The number of carbonyl (C=O) groups excluding carboxylic acids is 3. The maximum atomic E-state index is 11.9. The quantitative estimate of drug-likeness (QED) is 0.585. The van der Waals surface area contributed by atoms with E-state index in [-0.39, 0.29) is 12.2 Å². The largest absolute Gasteiger partial charge is 0.468 e. The normalized spacial score (nSPS) is 11.8. The lowest BCUT2D eigenvalue weighted by atomic mass is 9.82. The van der Waals surface area contributed by atoms with E-state index in [4.69, 9.17) is 0 Å². The third kappa shape index (κ3) is 3.91. The van der Waals surface area contributed by atoms with Crippen LogP contribution >= 0.6 is 0 Å². The molecule has 0 unspecified atom stereocenters. The summed E-state index contributed by atoms with van der Waals surface area (Å²) in [6.07, 6.45) is 0.0683. The molecule has 1 aromatic rings. The number of methoxy groups -OCH3 is 2. The average molecular weight is 278 g/mol. The Morgan fingerprint density at radius 2 is 1.50 bits per heavy atom. The SMILES string of the molecule is COC(=O)C(C(=O)OC)[C@H](CC(C)=O)c1ccccc1. The van der Waals surface area contributed by atoms with Crippen molar-refractivity contribution >= 4 is 17.7 Å². The third-order valence-corrected chi connectivity index (χ3v) is 3.05. The first-order valence-electron chi connectivity index (χ1n) is 6.21. The molecule has 0 saturated heterocycles. The summed E-state index contributed by atoms with van der Waals surface area (Å²) in [5.41, 5.74) is 0.725. The van der Waals surface area contributed by atoms with Crippen LogP contribution in [0.1, 0.15) is 24.8 Å². The first-order valence-corrected chi connectivity index (χ1v) is 6.21. The van der Waals surface area contributed by atoms with Crippen LogP contribution in [-0.2, 0) is 23.9 Å². The van der Waals surface area contributed by atoms with E-state index in [1.54, 1.807) is 24.3 Å². The zero-order valence-electron chi connectivity index (χ0n) is 11.8. The van der Waals surface area contributed by atoms with Gasteiger partial charge in [-0.15, -0.1) is 0 Å². The minimum absolute atomic E-state index is 0.0683. The first-order chi connectivity index (χ1) is 9.51. The summed E-state index contributed by atoms with van der Waals surface area (Å²) in [6, 6.07) is 8.93.